The van der Waals surface area contributed by atoms with E-state index in [0.717, 1.165) is 11.1 Å². The lowest BCUT2D eigenvalue weighted by molar-refractivity contribution is 0.0986. The van der Waals surface area contributed by atoms with Crippen molar-refractivity contribution < 1.29 is 9.59 Å². The molecule has 4 nitrogen and oxygen atoms in total. The fraction of sp³-hybridized carbons (Fsp3) is 0.333. The van der Waals surface area contributed by atoms with E-state index >= 15 is 0 Å². The van der Waals surface area contributed by atoms with E-state index in [0.29, 0.717) is 6.42 Å². The summed E-state index contributed by atoms with van der Waals surface area (Å²) in [5.41, 5.74) is 1.65. The minimum Gasteiger partial charge on any atom is -0.331 e. The third-order valence-corrected chi connectivity index (χ3v) is 2.73. The van der Waals surface area contributed by atoms with Crippen LogP contribution in [0.1, 0.15) is 28.4 Å². The molecule has 0 bridgehead atoms. The number of Topliss-reactive ketones (excluding diaryl/α,β-unsaturated/α-hetero) is 1. The van der Waals surface area contributed by atoms with Gasteiger partial charge in [0.15, 0.2) is 5.78 Å². The fourth-order valence-corrected chi connectivity index (χ4v) is 1.87. The van der Waals surface area contributed by atoms with Crippen molar-refractivity contribution >= 4 is 11.8 Å². The summed E-state index contributed by atoms with van der Waals surface area (Å²) in [4.78, 5) is 24.6. The molecule has 0 spiro atoms. The van der Waals surface area contributed by atoms with Crippen molar-refractivity contribution in [1.29, 1.82) is 0 Å². The standard InChI is InChI=1S/C12H14N2O2/c1-14(2)12(16)13-10-7-11(15)9-6-4-3-5-8(9)10/h3-6,10H,7H2,1-2H3,(H,13,16)/t10-/m0/s1. The van der Waals surface area contributed by atoms with Crippen LogP contribution >= 0.6 is 0 Å². The molecule has 0 heterocycles. The highest BCUT2D eigenvalue weighted by Crippen LogP contribution is 2.30. The van der Waals surface area contributed by atoms with Crippen molar-refractivity contribution in [1.82, 2.24) is 10.2 Å². The van der Waals surface area contributed by atoms with Crippen LogP contribution in [0.25, 0.3) is 0 Å². The first-order valence-corrected chi connectivity index (χ1v) is 5.19. The number of rotatable bonds is 1. The Morgan fingerprint density at radius 2 is 2.06 bits per heavy atom. The number of benzene rings is 1. The van der Waals surface area contributed by atoms with Crippen LogP contribution in [-0.4, -0.2) is 30.8 Å². The molecule has 0 aliphatic heterocycles. The average Bonchev–Trinajstić information content (AvgIpc) is 2.57. The summed E-state index contributed by atoms with van der Waals surface area (Å²) in [5, 5.41) is 2.83. The predicted molar refractivity (Wildman–Crippen MR) is 60.3 cm³/mol. The van der Waals surface area contributed by atoms with Gasteiger partial charge in [-0.05, 0) is 5.56 Å². The maximum absolute atomic E-state index is 11.7. The van der Waals surface area contributed by atoms with Gasteiger partial charge in [0.05, 0.1) is 6.04 Å². The molecular formula is C12H14N2O2. The van der Waals surface area contributed by atoms with Crippen molar-refractivity contribution in [2.24, 2.45) is 0 Å². The maximum atomic E-state index is 11.7. The third-order valence-electron chi connectivity index (χ3n) is 2.73. The Morgan fingerprint density at radius 3 is 2.75 bits per heavy atom. The van der Waals surface area contributed by atoms with E-state index in [1.165, 1.54) is 4.90 Å². The zero-order chi connectivity index (χ0) is 11.7. The lowest BCUT2D eigenvalue weighted by Crippen LogP contribution is -2.36. The number of nitrogens with zero attached hydrogens (tertiary/aromatic N) is 1. The first-order chi connectivity index (χ1) is 7.59. The van der Waals surface area contributed by atoms with E-state index in [2.05, 4.69) is 5.32 Å². The molecule has 84 valence electrons. The highest BCUT2D eigenvalue weighted by atomic mass is 16.2. The number of hydrogen-bond donors (Lipinski definition) is 1. The predicted octanol–water partition coefficient (Wildman–Crippen LogP) is 1.59. The number of urea groups is 1. The summed E-state index contributed by atoms with van der Waals surface area (Å²) in [6, 6.07) is 7.06. The Morgan fingerprint density at radius 1 is 1.38 bits per heavy atom. The Hall–Kier alpha value is -1.84. The van der Waals surface area contributed by atoms with Gasteiger partial charge in [-0.1, -0.05) is 24.3 Å². The van der Waals surface area contributed by atoms with Gasteiger partial charge in [-0.2, -0.15) is 0 Å². The van der Waals surface area contributed by atoms with Gasteiger partial charge in [-0.25, -0.2) is 4.79 Å². The van der Waals surface area contributed by atoms with Crippen molar-refractivity contribution in [2.45, 2.75) is 12.5 Å². The van der Waals surface area contributed by atoms with Crippen LogP contribution in [0.15, 0.2) is 24.3 Å². The van der Waals surface area contributed by atoms with E-state index in [1.54, 1.807) is 20.2 Å². The van der Waals surface area contributed by atoms with Crippen LogP contribution in [0, 0.1) is 0 Å². The molecule has 2 rings (SSSR count). The van der Waals surface area contributed by atoms with Gasteiger partial charge in [-0.15, -0.1) is 0 Å². The molecule has 0 saturated carbocycles. The summed E-state index contributed by atoms with van der Waals surface area (Å²) >= 11 is 0. The Balaban J connectivity index is 2.21. The molecule has 0 saturated heterocycles. The molecule has 1 atom stereocenters. The molecular weight excluding hydrogens is 204 g/mol. The van der Waals surface area contributed by atoms with Crippen LogP contribution in [-0.2, 0) is 0 Å². The fourth-order valence-electron chi connectivity index (χ4n) is 1.87. The zero-order valence-electron chi connectivity index (χ0n) is 9.36. The second-order valence-electron chi connectivity index (χ2n) is 4.11. The van der Waals surface area contributed by atoms with Crippen molar-refractivity contribution in [3.05, 3.63) is 35.4 Å². The number of carbonyl (C=O) groups excluding carboxylic acids is 2. The minimum atomic E-state index is -0.182. The van der Waals surface area contributed by atoms with Crippen LogP contribution in [0.5, 0.6) is 0 Å². The molecule has 4 heteroatoms. The van der Waals surface area contributed by atoms with Crippen LogP contribution in [0.2, 0.25) is 0 Å². The van der Waals surface area contributed by atoms with Gasteiger partial charge in [0.1, 0.15) is 0 Å². The van der Waals surface area contributed by atoms with Gasteiger partial charge in [-0.3, -0.25) is 4.79 Å². The third kappa shape index (κ3) is 1.78. The number of hydrogen-bond acceptors (Lipinski definition) is 2. The first kappa shape index (κ1) is 10.7. The SMILES string of the molecule is CN(C)C(=O)N[C@H]1CC(=O)c2ccccc21. The number of amides is 2. The summed E-state index contributed by atoms with van der Waals surface area (Å²) in [5.74, 6) is 0.0969. The average molecular weight is 218 g/mol. The van der Waals surface area contributed by atoms with E-state index in [4.69, 9.17) is 0 Å². The Labute approximate surface area is 94.2 Å². The second-order valence-corrected chi connectivity index (χ2v) is 4.11. The summed E-state index contributed by atoms with van der Waals surface area (Å²) in [6.45, 7) is 0. The van der Waals surface area contributed by atoms with Gasteiger partial charge >= 0.3 is 6.03 Å². The molecule has 1 aromatic carbocycles. The summed E-state index contributed by atoms with van der Waals surface area (Å²) in [7, 11) is 3.36. The van der Waals surface area contributed by atoms with Crippen LogP contribution in [0.4, 0.5) is 4.79 Å². The molecule has 0 radical (unpaired) electrons. The minimum absolute atomic E-state index is 0.0969. The Bertz CT molecular complexity index is 440. The quantitative estimate of drug-likeness (QED) is 0.778. The molecule has 16 heavy (non-hydrogen) atoms. The zero-order valence-corrected chi connectivity index (χ0v) is 9.36. The number of fused-ring (bicyclic) bond motifs is 1. The molecule has 0 fully saturated rings. The number of carbonyl (C=O) groups is 2. The molecule has 0 unspecified atom stereocenters. The van der Waals surface area contributed by atoms with E-state index < -0.39 is 0 Å². The maximum Gasteiger partial charge on any atom is 0.317 e. The van der Waals surface area contributed by atoms with Gasteiger partial charge in [0, 0.05) is 26.1 Å². The molecule has 1 aliphatic rings. The highest BCUT2D eigenvalue weighted by molar-refractivity contribution is 6.01. The largest absolute Gasteiger partial charge is 0.331 e. The number of nitrogens with one attached hydrogen (secondary N) is 1. The first-order valence-electron chi connectivity index (χ1n) is 5.19. The van der Waals surface area contributed by atoms with Crippen molar-refractivity contribution in [2.75, 3.05) is 14.1 Å². The summed E-state index contributed by atoms with van der Waals surface area (Å²) < 4.78 is 0. The van der Waals surface area contributed by atoms with Gasteiger partial charge in [0.25, 0.3) is 0 Å². The second kappa shape index (κ2) is 3.96. The molecule has 1 aromatic rings. The lowest BCUT2D eigenvalue weighted by Gasteiger charge is -2.17. The normalized spacial score (nSPS) is 18.1. The van der Waals surface area contributed by atoms with Crippen LogP contribution in [0.3, 0.4) is 0 Å². The number of ketones is 1. The lowest BCUT2D eigenvalue weighted by atomic mass is 10.1. The molecule has 1 aliphatic carbocycles. The molecule has 0 aromatic heterocycles. The van der Waals surface area contributed by atoms with Gasteiger partial charge in [0.2, 0.25) is 0 Å². The van der Waals surface area contributed by atoms with Gasteiger partial charge < -0.3 is 10.2 Å². The van der Waals surface area contributed by atoms with E-state index in [-0.39, 0.29) is 17.9 Å². The Kier molecular flexibility index (Phi) is 2.64. The monoisotopic (exact) mass is 218 g/mol. The topological polar surface area (TPSA) is 49.4 Å². The molecule has 2 amide bonds. The summed E-state index contributed by atoms with van der Waals surface area (Å²) in [6.07, 6.45) is 0.360. The van der Waals surface area contributed by atoms with Crippen molar-refractivity contribution in [3.63, 3.8) is 0 Å². The van der Waals surface area contributed by atoms with E-state index in [1.807, 2.05) is 18.2 Å². The van der Waals surface area contributed by atoms with Crippen LogP contribution < -0.4 is 5.32 Å². The highest BCUT2D eigenvalue weighted by Gasteiger charge is 2.29. The smallest absolute Gasteiger partial charge is 0.317 e. The van der Waals surface area contributed by atoms with Crippen molar-refractivity contribution in [3.8, 4) is 0 Å². The van der Waals surface area contributed by atoms with E-state index in [9.17, 15) is 9.59 Å². The molecule has 1 N–H and O–H groups in total.